The molecule has 5 nitrogen and oxygen atoms in total. The van der Waals surface area contributed by atoms with Gasteiger partial charge in [-0.05, 0) is 25.6 Å². The molecule has 0 saturated carbocycles. The molecule has 0 aliphatic carbocycles. The normalized spacial score (nSPS) is 28.7. The van der Waals surface area contributed by atoms with E-state index in [0.717, 1.165) is 0 Å². The van der Waals surface area contributed by atoms with Crippen molar-refractivity contribution in [3.05, 3.63) is 0 Å². The predicted octanol–water partition coefficient (Wildman–Crippen LogP) is -0.553. The number of ether oxygens (including phenoxy) is 1. The van der Waals surface area contributed by atoms with Crippen molar-refractivity contribution in [1.82, 2.24) is 5.32 Å². The Morgan fingerprint density at radius 1 is 1.67 bits per heavy atom. The Labute approximate surface area is 94.7 Å². The van der Waals surface area contributed by atoms with E-state index < -0.39 is 15.4 Å². The second-order valence-corrected chi connectivity index (χ2v) is 6.44. The Balaban J connectivity index is 2.48. The van der Waals surface area contributed by atoms with Gasteiger partial charge in [0.2, 0.25) is 0 Å². The fourth-order valence-electron chi connectivity index (χ4n) is 1.53. The van der Waals surface area contributed by atoms with Crippen molar-refractivity contribution >= 4 is 27.2 Å². The number of aliphatic hydroxyl groups excluding tert-OH is 1. The van der Waals surface area contributed by atoms with E-state index in [2.05, 4.69) is 5.32 Å². The second kappa shape index (κ2) is 4.63. The van der Waals surface area contributed by atoms with Crippen molar-refractivity contribution in [2.45, 2.75) is 18.9 Å². The zero-order chi connectivity index (χ0) is 11.5. The summed E-state index contributed by atoms with van der Waals surface area (Å²) in [6.07, 6.45) is 0.526. The summed E-state index contributed by atoms with van der Waals surface area (Å²) in [5.41, 5.74) is -0.536. The highest BCUT2D eigenvalue weighted by atomic mass is 32.2. The SMILES string of the molecule is CC1(NC(=S)OCCO)CCS(=O)(=O)C1. The molecule has 1 saturated heterocycles. The number of hydrogen-bond donors (Lipinski definition) is 2. The van der Waals surface area contributed by atoms with Crippen LogP contribution in [0, 0.1) is 0 Å². The third-order valence-corrected chi connectivity index (χ3v) is 4.35. The van der Waals surface area contributed by atoms with Gasteiger partial charge in [0.25, 0.3) is 5.17 Å². The lowest BCUT2D eigenvalue weighted by Crippen LogP contribution is -2.47. The van der Waals surface area contributed by atoms with Crippen LogP contribution in [0.25, 0.3) is 0 Å². The summed E-state index contributed by atoms with van der Waals surface area (Å²) >= 11 is 4.86. The van der Waals surface area contributed by atoms with Crippen molar-refractivity contribution in [1.29, 1.82) is 0 Å². The fourth-order valence-corrected chi connectivity index (χ4v) is 3.95. The Bertz CT molecular complexity index is 341. The Hall–Kier alpha value is -0.400. The van der Waals surface area contributed by atoms with E-state index in [4.69, 9.17) is 22.1 Å². The van der Waals surface area contributed by atoms with Crippen molar-refractivity contribution in [3.8, 4) is 0 Å². The summed E-state index contributed by atoms with van der Waals surface area (Å²) in [5.74, 6) is 0.252. The predicted molar refractivity (Wildman–Crippen MR) is 60.4 cm³/mol. The van der Waals surface area contributed by atoms with Crippen LogP contribution in [-0.4, -0.2) is 49.0 Å². The van der Waals surface area contributed by atoms with E-state index >= 15 is 0 Å². The highest BCUT2D eigenvalue weighted by molar-refractivity contribution is 7.91. The summed E-state index contributed by atoms with van der Waals surface area (Å²) in [4.78, 5) is 0. The van der Waals surface area contributed by atoms with Gasteiger partial charge in [0.05, 0.1) is 23.7 Å². The van der Waals surface area contributed by atoms with Gasteiger partial charge in [-0.25, -0.2) is 8.42 Å². The van der Waals surface area contributed by atoms with E-state index in [0.29, 0.717) is 6.42 Å². The van der Waals surface area contributed by atoms with E-state index in [1.807, 2.05) is 0 Å². The highest BCUT2D eigenvalue weighted by Crippen LogP contribution is 2.22. The molecule has 1 rings (SSSR count). The molecule has 1 unspecified atom stereocenters. The first-order chi connectivity index (χ1) is 6.87. The monoisotopic (exact) mass is 253 g/mol. The lowest BCUT2D eigenvalue weighted by Gasteiger charge is -2.24. The number of aliphatic hydroxyl groups is 1. The van der Waals surface area contributed by atoms with Crippen molar-refractivity contribution in [3.63, 3.8) is 0 Å². The molecule has 2 N–H and O–H groups in total. The number of thiocarbonyl (C=S) groups is 1. The zero-order valence-corrected chi connectivity index (χ0v) is 10.2. The van der Waals surface area contributed by atoms with Gasteiger partial charge in [-0.2, -0.15) is 0 Å². The molecule has 15 heavy (non-hydrogen) atoms. The number of rotatable bonds is 3. The first kappa shape index (κ1) is 12.7. The van der Waals surface area contributed by atoms with Gasteiger partial charge in [-0.15, -0.1) is 0 Å². The summed E-state index contributed by atoms with van der Waals surface area (Å²) in [6, 6.07) is 0. The molecule has 0 radical (unpaired) electrons. The average molecular weight is 253 g/mol. The molecule has 0 bridgehead atoms. The summed E-state index contributed by atoms with van der Waals surface area (Å²) < 4.78 is 27.5. The molecule has 1 aliphatic heterocycles. The van der Waals surface area contributed by atoms with Crippen LogP contribution in [-0.2, 0) is 14.6 Å². The zero-order valence-electron chi connectivity index (χ0n) is 8.52. The van der Waals surface area contributed by atoms with E-state index in [-0.39, 0.29) is 29.9 Å². The molecule has 0 aromatic carbocycles. The van der Waals surface area contributed by atoms with Crippen molar-refractivity contribution in [2.75, 3.05) is 24.7 Å². The molecule has 7 heteroatoms. The fraction of sp³-hybridized carbons (Fsp3) is 0.875. The standard InChI is InChI=1S/C8H15NO4S2/c1-8(2-5-15(11,12)6-8)9-7(14)13-4-3-10/h10H,2-6H2,1H3,(H,9,14). The quantitative estimate of drug-likeness (QED) is 0.657. The number of sulfone groups is 1. The lowest BCUT2D eigenvalue weighted by molar-refractivity contribution is 0.187. The molecule has 1 fully saturated rings. The number of nitrogens with one attached hydrogen (secondary N) is 1. The molecule has 88 valence electrons. The Morgan fingerprint density at radius 3 is 2.80 bits per heavy atom. The minimum Gasteiger partial charge on any atom is -0.469 e. The summed E-state index contributed by atoms with van der Waals surface area (Å²) in [7, 11) is -2.95. The third kappa shape index (κ3) is 3.92. The molecule has 0 amide bonds. The Morgan fingerprint density at radius 2 is 2.33 bits per heavy atom. The van der Waals surface area contributed by atoms with E-state index in [1.165, 1.54) is 0 Å². The average Bonchev–Trinajstić information content (AvgIpc) is 2.37. The van der Waals surface area contributed by atoms with Gasteiger partial charge in [0, 0.05) is 0 Å². The minimum atomic E-state index is -2.95. The van der Waals surface area contributed by atoms with Gasteiger partial charge in [0.1, 0.15) is 6.61 Å². The van der Waals surface area contributed by atoms with Crippen LogP contribution in [0.15, 0.2) is 0 Å². The summed E-state index contributed by atoms with van der Waals surface area (Å²) in [5, 5.41) is 11.5. The maximum Gasteiger partial charge on any atom is 0.257 e. The molecule has 0 aromatic heterocycles. The van der Waals surface area contributed by atoms with Crippen LogP contribution < -0.4 is 5.32 Å². The van der Waals surface area contributed by atoms with Gasteiger partial charge in [0.15, 0.2) is 9.84 Å². The topological polar surface area (TPSA) is 75.6 Å². The van der Waals surface area contributed by atoms with Crippen LogP contribution >= 0.6 is 12.2 Å². The highest BCUT2D eigenvalue weighted by Gasteiger charge is 2.39. The van der Waals surface area contributed by atoms with Crippen LogP contribution in [0.2, 0.25) is 0 Å². The van der Waals surface area contributed by atoms with Gasteiger partial charge in [-0.1, -0.05) is 0 Å². The molecule has 1 atom stereocenters. The molecule has 0 spiro atoms. The largest absolute Gasteiger partial charge is 0.469 e. The van der Waals surface area contributed by atoms with Crippen LogP contribution in [0.3, 0.4) is 0 Å². The third-order valence-electron chi connectivity index (χ3n) is 2.23. The Kier molecular flexibility index (Phi) is 3.91. The van der Waals surface area contributed by atoms with E-state index in [1.54, 1.807) is 6.92 Å². The second-order valence-electron chi connectivity index (χ2n) is 3.89. The number of hydrogen-bond acceptors (Lipinski definition) is 5. The molecule has 1 heterocycles. The van der Waals surface area contributed by atoms with Gasteiger partial charge >= 0.3 is 0 Å². The summed E-state index contributed by atoms with van der Waals surface area (Å²) in [6.45, 7) is 1.80. The lowest BCUT2D eigenvalue weighted by atomic mass is 10.0. The van der Waals surface area contributed by atoms with Crippen molar-refractivity contribution < 1.29 is 18.3 Å². The molecular formula is C8H15NO4S2. The maximum absolute atomic E-state index is 11.3. The molecule has 1 aliphatic rings. The van der Waals surface area contributed by atoms with Gasteiger partial charge in [-0.3, -0.25) is 0 Å². The van der Waals surface area contributed by atoms with Gasteiger partial charge < -0.3 is 15.2 Å². The van der Waals surface area contributed by atoms with E-state index in [9.17, 15) is 8.42 Å². The van der Waals surface area contributed by atoms with Crippen LogP contribution in [0.4, 0.5) is 0 Å². The molecular weight excluding hydrogens is 238 g/mol. The smallest absolute Gasteiger partial charge is 0.257 e. The first-order valence-corrected chi connectivity index (χ1v) is 6.86. The maximum atomic E-state index is 11.3. The van der Waals surface area contributed by atoms with Crippen LogP contribution in [0.5, 0.6) is 0 Å². The first-order valence-electron chi connectivity index (χ1n) is 4.63. The van der Waals surface area contributed by atoms with Crippen LogP contribution in [0.1, 0.15) is 13.3 Å². The molecule has 0 aromatic rings. The van der Waals surface area contributed by atoms with Crippen molar-refractivity contribution in [2.24, 2.45) is 0 Å². The minimum absolute atomic E-state index is 0.0720.